The van der Waals surface area contributed by atoms with E-state index >= 15 is 0 Å². The minimum absolute atomic E-state index is 0.722. The van der Waals surface area contributed by atoms with Crippen LogP contribution in [0.2, 0.25) is 0 Å². The topological polar surface area (TPSA) is 67.8 Å². The molecule has 7 heteroatoms. The number of nitrogens with zero attached hydrogens (tertiary/aromatic N) is 2. The van der Waals surface area contributed by atoms with Gasteiger partial charge in [0, 0.05) is 18.5 Å². The van der Waals surface area contributed by atoms with Crippen molar-refractivity contribution in [1.29, 1.82) is 0 Å². The first-order valence-corrected chi connectivity index (χ1v) is 8.97. The molecule has 2 aromatic rings. The molecule has 0 bridgehead atoms. The number of methoxy groups -OCH3 is 2. The van der Waals surface area contributed by atoms with Crippen LogP contribution in [-0.2, 0) is 13.0 Å². The summed E-state index contributed by atoms with van der Waals surface area (Å²) in [6.07, 6.45) is 0.805. The van der Waals surface area contributed by atoms with Crippen LogP contribution in [0.5, 0.6) is 11.5 Å². The maximum absolute atomic E-state index is 5.41. The van der Waals surface area contributed by atoms with Crippen molar-refractivity contribution in [1.82, 2.24) is 15.6 Å². The lowest BCUT2D eigenvalue weighted by molar-refractivity contribution is 0.398. The first kappa shape index (κ1) is 19.1. The van der Waals surface area contributed by atoms with Crippen LogP contribution in [-0.4, -0.2) is 38.8 Å². The van der Waals surface area contributed by atoms with Gasteiger partial charge >= 0.3 is 0 Å². The summed E-state index contributed by atoms with van der Waals surface area (Å²) in [5.74, 6) is 2.46. The first-order valence-electron chi connectivity index (χ1n) is 8.15. The van der Waals surface area contributed by atoms with E-state index in [0.29, 0.717) is 0 Å². The number of rotatable bonds is 7. The van der Waals surface area contributed by atoms with Crippen molar-refractivity contribution in [3.63, 3.8) is 0 Å². The molecule has 0 aliphatic heterocycles. The van der Waals surface area contributed by atoms with Crippen LogP contribution in [0.3, 0.4) is 0 Å². The summed E-state index contributed by atoms with van der Waals surface area (Å²) in [6, 6.07) is 5.83. The van der Waals surface area contributed by atoms with E-state index < -0.39 is 0 Å². The summed E-state index contributed by atoms with van der Waals surface area (Å²) in [5, 5.41) is 7.75. The molecule has 1 aromatic heterocycles. The second-order valence-electron chi connectivity index (χ2n) is 5.52. The third-order valence-electron chi connectivity index (χ3n) is 3.81. The number of guanidine groups is 1. The van der Waals surface area contributed by atoms with Crippen molar-refractivity contribution >= 4 is 17.3 Å². The van der Waals surface area contributed by atoms with E-state index in [1.54, 1.807) is 32.6 Å². The number of aromatic nitrogens is 1. The third-order valence-corrected chi connectivity index (χ3v) is 4.89. The third kappa shape index (κ3) is 5.35. The molecule has 0 fully saturated rings. The van der Waals surface area contributed by atoms with Crippen molar-refractivity contribution in [3.8, 4) is 11.5 Å². The summed E-state index contributed by atoms with van der Waals surface area (Å²) in [4.78, 5) is 9.95. The van der Waals surface area contributed by atoms with Gasteiger partial charge in [0.1, 0.15) is 11.5 Å². The van der Waals surface area contributed by atoms with Gasteiger partial charge in [0.25, 0.3) is 0 Å². The van der Waals surface area contributed by atoms with Gasteiger partial charge in [0.15, 0.2) is 5.96 Å². The van der Waals surface area contributed by atoms with Crippen molar-refractivity contribution in [2.24, 2.45) is 4.99 Å². The molecule has 0 saturated carbocycles. The molecule has 0 atom stereocenters. The maximum atomic E-state index is 5.41. The lowest BCUT2D eigenvalue weighted by atomic mass is 10.1. The molecule has 0 saturated heterocycles. The Kier molecular flexibility index (Phi) is 7.06. The van der Waals surface area contributed by atoms with Crippen LogP contribution >= 0.6 is 11.3 Å². The Balaban J connectivity index is 1.88. The average Bonchev–Trinajstić information content (AvgIpc) is 2.95. The van der Waals surface area contributed by atoms with E-state index in [1.165, 1.54) is 4.88 Å². The quantitative estimate of drug-likeness (QED) is 0.585. The van der Waals surface area contributed by atoms with Crippen molar-refractivity contribution in [2.75, 3.05) is 27.8 Å². The molecule has 1 heterocycles. The minimum atomic E-state index is 0.722. The van der Waals surface area contributed by atoms with Gasteiger partial charge in [-0.05, 0) is 44.0 Å². The molecule has 25 heavy (non-hydrogen) atoms. The summed E-state index contributed by atoms with van der Waals surface area (Å²) < 4.78 is 10.7. The average molecular weight is 362 g/mol. The smallest absolute Gasteiger partial charge is 0.191 e. The van der Waals surface area contributed by atoms with Crippen molar-refractivity contribution in [2.45, 2.75) is 26.8 Å². The first-order chi connectivity index (χ1) is 12.1. The van der Waals surface area contributed by atoms with Gasteiger partial charge in [-0.3, -0.25) is 4.99 Å². The SMILES string of the molecule is CN=C(NCCc1cc(OC)ccc1OC)NCc1sc(C)nc1C. The van der Waals surface area contributed by atoms with Gasteiger partial charge in [-0.1, -0.05) is 0 Å². The zero-order valence-electron chi connectivity index (χ0n) is 15.5. The predicted molar refractivity (Wildman–Crippen MR) is 103 cm³/mol. The number of hydrogen-bond donors (Lipinski definition) is 2. The highest BCUT2D eigenvalue weighted by Gasteiger charge is 2.07. The summed E-state index contributed by atoms with van der Waals surface area (Å²) >= 11 is 1.71. The Hall–Kier alpha value is -2.28. The van der Waals surface area contributed by atoms with Crippen LogP contribution in [0.1, 0.15) is 21.1 Å². The number of nitrogens with one attached hydrogen (secondary N) is 2. The monoisotopic (exact) mass is 362 g/mol. The standard InChI is InChI=1S/C18H26N4O2S/c1-12-17(25-13(2)22-12)11-21-18(19-3)20-9-8-14-10-15(23-4)6-7-16(14)24-5/h6-7,10H,8-9,11H2,1-5H3,(H2,19,20,21). The van der Waals surface area contributed by atoms with Gasteiger partial charge in [-0.15, -0.1) is 11.3 Å². The molecular weight excluding hydrogens is 336 g/mol. The van der Waals surface area contributed by atoms with Gasteiger partial charge < -0.3 is 20.1 Å². The molecule has 0 aliphatic rings. The Labute approximate surface area is 153 Å². The molecular formula is C18H26N4O2S. The van der Waals surface area contributed by atoms with E-state index in [9.17, 15) is 0 Å². The van der Waals surface area contributed by atoms with Gasteiger partial charge in [0.2, 0.25) is 0 Å². The van der Waals surface area contributed by atoms with E-state index in [-0.39, 0.29) is 0 Å². The number of ether oxygens (including phenoxy) is 2. The van der Waals surface area contributed by atoms with Gasteiger partial charge in [-0.2, -0.15) is 0 Å². The van der Waals surface area contributed by atoms with E-state index in [2.05, 4.69) is 20.6 Å². The summed E-state index contributed by atoms with van der Waals surface area (Å²) in [7, 11) is 5.11. The molecule has 0 radical (unpaired) electrons. The minimum Gasteiger partial charge on any atom is -0.497 e. The lowest BCUT2D eigenvalue weighted by Crippen LogP contribution is -2.37. The van der Waals surface area contributed by atoms with Gasteiger partial charge in [0.05, 0.1) is 31.5 Å². The molecule has 136 valence electrons. The lowest BCUT2D eigenvalue weighted by Gasteiger charge is -2.13. The number of aryl methyl sites for hydroxylation is 2. The van der Waals surface area contributed by atoms with Crippen molar-refractivity contribution in [3.05, 3.63) is 39.3 Å². The van der Waals surface area contributed by atoms with Crippen LogP contribution in [0.4, 0.5) is 0 Å². The van der Waals surface area contributed by atoms with Crippen LogP contribution < -0.4 is 20.1 Å². The largest absolute Gasteiger partial charge is 0.497 e. The fourth-order valence-corrected chi connectivity index (χ4v) is 3.39. The summed E-state index contributed by atoms with van der Waals surface area (Å²) in [6.45, 7) is 5.52. The van der Waals surface area contributed by atoms with Crippen LogP contribution in [0, 0.1) is 13.8 Å². The number of benzene rings is 1. The van der Waals surface area contributed by atoms with E-state index in [4.69, 9.17) is 9.47 Å². The molecule has 0 amide bonds. The fourth-order valence-electron chi connectivity index (χ4n) is 2.51. The highest BCUT2D eigenvalue weighted by Crippen LogP contribution is 2.24. The Morgan fingerprint density at radius 1 is 1.20 bits per heavy atom. The van der Waals surface area contributed by atoms with Crippen LogP contribution in [0.25, 0.3) is 0 Å². The van der Waals surface area contributed by atoms with E-state index in [1.807, 2.05) is 32.0 Å². The molecule has 1 aromatic carbocycles. The van der Waals surface area contributed by atoms with Crippen LogP contribution in [0.15, 0.2) is 23.2 Å². The highest BCUT2D eigenvalue weighted by molar-refractivity contribution is 7.11. The normalized spacial score (nSPS) is 11.3. The van der Waals surface area contributed by atoms with Gasteiger partial charge in [-0.25, -0.2) is 4.98 Å². The predicted octanol–water partition coefficient (Wildman–Crippen LogP) is 2.68. The summed E-state index contributed by atoms with van der Waals surface area (Å²) in [5.41, 5.74) is 2.17. The molecule has 0 unspecified atom stereocenters. The maximum Gasteiger partial charge on any atom is 0.191 e. The Morgan fingerprint density at radius 2 is 2.00 bits per heavy atom. The van der Waals surface area contributed by atoms with E-state index in [0.717, 1.165) is 53.2 Å². The molecule has 2 N–H and O–H groups in total. The number of aliphatic imine (C=N–C) groups is 1. The Bertz CT molecular complexity index is 728. The molecule has 0 aliphatic carbocycles. The zero-order valence-corrected chi connectivity index (χ0v) is 16.3. The Morgan fingerprint density at radius 3 is 2.60 bits per heavy atom. The zero-order chi connectivity index (χ0) is 18.2. The second-order valence-corrected chi connectivity index (χ2v) is 6.81. The molecule has 2 rings (SSSR count). The second kappa shape index (κ2) is 9.27. The van der Waals surface area contributed by atoms with Crippen molar-refractivity contribution < 1.29 is 9.47 Å². The molecule has 0 spiro atoms. The highest BCUT2D eigenvalue weighted by atomic mass is 32.1. The number of hydrogen-bond acceptors (Lipinski definition) is 5. The fraction of sp³-hybridized carbons (Fsp3) is 0.444. The number of thiazole rings is 1. The molecule has 6 nitrogen and oxygen atoms in total.